The standard InChI is InChI=1S/C23H11F3N3.C13H24O2.Ir/c24-23(25,26)17-9-4-8-16-20(17)27-12-28-21(16)19-11-13-5-3-7-15-14-6-1-2-10-18(14)29(19)22(13)15;1-5-10(6-2)12(14)9-13(15)11(7-3)8-4;/h1-10,12H;9-11,14H,5-8H2,1-4H3;/q-1;;/b;12-9-;. The zero-order valence-corrected chi connectivity index (χ0v) is 28.0. The smallest absolute Gasteiger partial charge is 0.418 e. The number of carbonyl (C=O) groups excluding carboxylic acids is 1. The fourth-order valence-corrected chi connectivity index (χ4v) is 5.98. The number of hydrogen-bond donors (Lipinski definition) is 1. The van der Waals surface area contributed by atoms with Crippen molar-refractivity contribution in [1.82, 2.24) is 14.4 Å². The third-order valence-corrected chi connectivity index (χ3v) is 8.45. The molecular formula is C36H35F3IrN3O2-. The van der Waals surface area contributed by atoms with E-state index in [1.165, 1.54) is 18.5 Å². The average molecular weight is 791 g/mol. The first-order valence-electron chi connectivity index (χ1n) is 15.1. The van der Waals surface area contributed by atoms with Gasteiger partial charge in [0.15, 0.2) is 5.78 Å². The number of allylic oxidation sites excluding steroid dienone is 2. The Bertz CT molecular complexity index is 1960. The monoisotopic (exact) mass is 791 g/mol. The summed E-state index contributed by atoms with van der Waals surface area (Å²) in [6, 6.07) is 21.3. The fraction of sp³-hybridized carbons (Fsp3) is 0.306. The van der Waals surface area contributed by atoms with Crippen LogP contribution in [0.3, 0.4) is 0 Å². The number of para-hydroxylation sites is 3. The number of rotatable bonds is 8. The van der Waals surface area contributed by atoms with Gasteiger partial charge in [-0.25, -0.2) is 4.98 Å². The summed E-state index contributed by atoms with van der Waals surface area (Å²) in [5.74, 6) is 0.547. The Morgan fingerprint density at radius 3 is 2.16 bits per heavy atom. The molecule has 0 saturated carbocycles. The maximum Gasteiger partial charge on any atom is 0.418 e. The minimum Gasteiger partial charge on any atom is -0.512 e. The number of aliphatic hydroxyl groups excluding tert-OH is 1. The molecule has 0 aliphatic heterocycles. The van der Waals surface area contributed by atoms with E-state index in [0.29, 0.717) is 16.8 Å². The number of nitrogens with zero attached hydrogens (tertiary/aromatic N) is 3. The van der Waals surface area contributed by atoms with Crippen molar-refractivity contribution < 1.29 is 43.2 Å². The summed E-state index contributed by atoms with van der Waals surface area (Å²) < 4.78 is 42.5. The first-order valence-corrected chi connectivity index (χ1v) is 15.1. The molecule has 0 spiro atoms. The number of halogens is 3. The third-order valence-electron chi connectivity index (χ3n) is 8.45. The van der Waals surface area contributed by atoms with Gasteiger partial charge in [0.1, 0.15) is 6.33 Å². The van der Waals surface area contributed by atoms with Crippen LogP contribution in [0.1, 0.15) is 58.9 Å². The van der Waals surface area contributed by atoms with Crippen LogP contribution >= 0.6 is 0 Å². The largest absolute Gasteiger partial charge is 0.512 e. The second kappa shape index (κ2) is 14.1. The first-order chi connectivity index (χ1) is 21.1. The maximum absolute atomic E-state index is 13.5. The predicted molar refractivity (Wildman–Crippen MR) is 170 cm³/mol. The first kappa shape index (κ1) is 34.1. The van der Waals surface area contributed by atoms with Gasteiger partial charge in [-0.3, -0.25) is 9.78 Å². The summed E-state index contributed by atoms with van der Waals surface area (Å²) in [6.45, 7) is 8.07. The Morgan fingerprint density at radius 2 is 1.49 bits per heavy atom. The Balaban J connectivity index is 0.000000249. The van der Waals surface area contributed by atoms with Gasteiger partial charge < -0.3 is 9.51 Å². The summed E-state index contributed by atoms with van der Waals surface area (Å²) in [5.41, 5.74) is 2.14. The van der Waals surface area contributed by atoms with Crippen LogP contribution in [0.2, 0.25) is 0 Å². The Morgan fingerprint density at radius 1 is 0.867 bits per heavy atom. The molecule has 0 aliphatic carbocycles. The molecule has 6 rings (SSSR count). The van der Waals surface area contributed by atoms with E-state index in [9.17, 15) is 23.1 Å². The van der Waals surface area contributed by atoms with Crippen molar-refractivity contribution in [2.45, 2.75) is 59.6 Å². The van der Waals surface area contributed by atoms with Gasteiger partial charge in [-0.2, -0.15) is 13.2 Å². The molecule has 237 valence electrons. The summed E-state index contributed by atoms with van der Waals surface area (Å²) in [7, 11) is 0. The molecule has 45 heavy (non-hydrogen) atoms. The van der Waals surface area contributed by atoms with Crippen LogP contribution in [-0.4, -0.2) is 25.3 Å². The van der Waals surface area contributed by atoms with Gasteiger partial charge in [0.05, 0.1) is 16.8 Å². The van der Waals surface area contributed by atoms with E-state index >= 15 is 0 Å². The van der Waals surface area contributed by atoms with Crippen molar-refractivity contribution in [3.63, 3.8) is 0 Å². The molecule has 3 heterocycles. The van der Waals surface area contributed by atoms with Crippen molar-refractivity contribution >= 4 is 43.9 Å². The van der Waals surface area contributed by atoms with Crippen LogP contribution in [0.5, 0.6) is 0 Å². The molecular weight excluding hydrogens is 756 g/mol. The van der Waals surface area contributed by atoms with Gasteiger partial charge in [0.25, 0.3) is 0 Å². The van der Waals surface area contributed by atoms with E-state index in [-0.39, 0.29) is 49.0 Å². The number of ketones is 1. The van der Waals surface area contributed by atoms with Crippen LogP contribution in [-0.2, 0) is 31.1 Å². The van der Waals surface area contributed by atoms with Crippen molar-refractivity contribution in [2.24, 2.45) is 11.8 Å². The van der Waals surface area contributed by atoms with Gasteiger partial charge in [-0.05, 0) is 65.2 Å². The van der Waals surface area contributed by atoms with Crippen LogP contribution < -0.4 is 0 Å². The van der Waals surface area contributed by atoms with E-state index < -0.39 is 11.7 Å². The van der Waals surface area contributed by atoms with Gasteiger partial charge >= 0.3 is 6.18 Å². The number of carbonyl (C=O) groups is 1. The Hall–Kier alpha value is -3.81. The molecule has 9 heteroatoms. The second-order valence-corrected chi connectivity index (χ2v) is 10.9. The van der Waals surface area contributed by atoms with Crippen molar-refractivity contribution in [3.8, 4) is 11.4 Å². The van der Waals surface area contributed by atoms with E-state index in [2.05, 4.69) is 16.0 Å². The number of hydrogen-bond acceptors (Lipinski definition) is 4. The predicted octanol–water partition coefficient (Wildman–Crippen LogP) is 9.98. The quantitative estimate of drug-likeness (QED) is 0.0948. The summed E-state index contributed by atoms with van der Waals surface area (Å²) in [4.78, 5) is 20.0. The van der Waals surface area contributed by atoms with Gasteiger partial charge in [0.2, 0.25) is 0 Å². The SMILES string of the molecule is CCC(CC)C(=O)/C=C(\O)C(CC)CC.FC(F)(F)c1cccc2c(-c3[c-]c4cccc5c6ccccc6n3c45)ncnc12.[Ir]. The molecule has 0 bridgehead atoms. The van der Waals surface area contributed by atoms with Crippen molar-refractivity contribution in [1.29, 1.82) is 0 Å². The normalized spacial score (nSPS) is 12.3. The number of benzene rings is 3. The molecule has 5 nitrogen and oxygen atoms in total. The molecule has 0 atom stereocenters. The zero-order chi connectivity index (χ0) is 31.6. The fourth-order valence-electron chi connectivity index (χ4n) is 5.98. The molecule has 0 saturated heterocycles. The van der Waals surface area contributed by atoms with E-state index in [1.54, 1.807) is 6.07 Å². The molecule has 3 aromatic heterocycles. The average Bonchev–Trinajstić information content (AvgIpc) is 3.57. The van der Waals surface area contributed by atoms with Gasteiger partial charge in [-0.15, -0.1) is 23.6 Å². The molecule has 1 radical (unpaired) electrons. The summed E-state index contributed by atoms with van der Waals surface area (Å²) in [5, 5.41) is 13.2. The number of aromatic nitrogens is 3. The minimum absolute atomic E-state index is 0. The maximum atomic E-state index is 13.5. The van der Waals surface area contributed by atoms with E-state index in [4.69, 9.17) is 0 Å². The van der Waals surface area contributed by atoms with Crippen LogP contribution in [0.4, 0.5) is 13.2 Å². The number of aliphatic hydroxyl groups is 1. The molecule has 6 aromatic rings. The molecule has 0 unspecified atom stereocenters. The topological polar surface area (TPSA) is 67.5 Å². The second-order valence-electron chi connectivity index (χ2n) is 10.9. The molecule has 0 amide bonds. The number of alkyl halides is 3. The zero-order valence-electron chi connectivity index (χ0n) is 25.6. The van der Waals surface area contributed by atoms with Crippen molar-refractivity contribution in [3.05, 3.63) is 90.5 Å². The van der Waals surface area contributed by atoms with Crippen molar-refractivity contribution in [2.75, 3.05) is 0 Å². The summed E-state index contributed by atoms with van der Waals surface area (Å²) >= 11 is 0. The Labute approximate surface area is 273 Å². The van der Waals surface area contributed by atoms with Crippen LogP contribution in [0.25, 0.3) is 49.5 Å². The van der Waals surface area contributed by atoms with Crippen LogP contribution in [0, 0.1) is 17.9 Å². The van der Waals surface area contributed by atoms with E-state index in [1.807, 2.05) is 74.6 Å². The van der Waals surface area contributed by atoms with Crippen LogP contribution in [0.15, 0.2) is 78.8 Å². The molecule has 3 aromatic carbocycles. The molecule has 0 fully saturated rings. The van der Waals surface area contributed by atoms with Gasteiger partial charge in [0, 0.05) is 49.2 Å². The summed E-state index contributed by atoms with van der Waals surface area (Å²) in [6.07, 6.45) is 1.60. The minimum atomic E-state index is -4.49. The molecule has 0 aliphatic rings. The Kier molecular flexibility index (Phi) is 10.7. The third kappa shape index (κ3) is 6.47. The van der Waals surface area contributed by atoms with Gasteiger partial charge in [-0.1, -0.05) is 64.1 Å². The molecule has 1 N–H and O–H groups in total. The van der Waals surface area contributed by atoms with E-state index in [0.717, 1.165) is 58.9 Å². The number of fused-ring (bicyclic) bond motifs is 4.